The van der Waals surface area contributed by atoms with E-state index in [4.69, 9.17) is 4.74 Å². The third-order valence-corrected chi connectivity index (χ3v) is 5.08. The quantitative estimate of drug-likeness (QED) is 0.485. The first-order valence-electron chi connectivity index (χ1n) is 9.45. The monoisotopic (exact) mass is 383 g/mol. The van der Waals surface area contributed by atoms with Gasteiger partial charge in [0.25, 0.3) is 5.91 Å². The summed E-state index contributed by atoms with van der Waals surface area (Å²) in [6.07, 6.45) is 0. The van der Waals surface area contributed by atoms with Gasteiger partial charge in [-0.25, -0.2) is 4.79 Å². The van der Waals surface area contributed by atoms with E-state index in [9.17, 15) is 9.59 Å². The minimum atomic E-state index is -0.466. The first kappa shape index (κ1) is 18.7. The van der Waals surface area contributed by atoms with Gasteiger partial charge in [0, 0.05) is 11.1 Å². The standard InChI is InChI=1S/C25H21NO3/c1-17-12-14-19(15-13-17)22(25(28)29-2)23-20-10-6-7-11-21(20)24(27)26(23)16-18-8-4-3-5-9-18/h3-15H,16H2,1-2H3/b23-22+. The number of esters is 1. The van der Waals surface area contributed by atoms with Crippen LogP contribution >= 0.6 is 0 Å². The van der Waals surface area contributed by atoms with E-state index in [1.165, 1.54) is 7.11 Å². The number of ether oxygens (including phenoxy) is 1. The highest BCUT2D eigenvalue weighted by atomic mass is 16.5. The van der Waals surface area contributed by atoms with E-state index in [0.717, 1.165) is 22.3 Å². The van der Waals surface area contributed by atoms with Crippen LogP contribution in [0.3, 0.4) is 0 Å². The largest absolute Gasteiger partial charge is 0.465 e. The van der Waals surface area contributed by atoms with E-state index in [1.54, 1.807) is 11.0 Å². The Hall–Kier alpha value is -3.66. The minimum Gasteiger partial charge on any atom is -0.465 e. The lowest BCUT2D eigenvalue weighted by molar-refractivity contribution is -0.133. The number of rotatable bonds is 4. The van der Waals surface area contributed by atoms with Crippen molar-refractivity contribution in [2.75, 3.05) is 7.11 Å². The van der Waals surface area contributed by atoms with Crippen molar-refractivity contribution < 1.29 is 14.3 Å². The summed E-state index contributed by atoms with van der Waals surface area (Å²) in [4.78, 5) is 27.8. The summed E-state index contributed by atoms with van der Waals surface area (Å²) in [7, 11) is 1.36. The first-order valence-corrected chi connectivity index (χ1v) is 9.45. The van der Waals surface area contributed by atoms with Crippen molar-refractivity contribution in [2.45, 2.75) is 13.5 Å². The number of methoxy groups -OCH3 is 1. The molecule has 144 valence electrons. The normalized spacial score (nSPS) is 14.6. The molecular formula is C25H21NO3. The Bertz CT molecular complexity index is 1100. The third-order valence-electron chi connectivity index (χ3n) is 5.08. The van der Waals surface area contributed by atoms with Crippen molar-refractivity contribution in [2.24, 2.45) is 0 Å². The SMILES string of the molecule is COC(=O)/C(=C1\c2ccccc2C(=O)N1Cc1ccccc1)c1ccc(C)cc1. The Morgan fingerprint density at radius 3 is 2.14 bits per heavy atom. The zero-order valence-corrected chi connectivity index (χ0v) is 16.4. The van der Waals surface area contributed by atoms with Crippen LogP contribution in [-0.2, 0) is 16.1 Å². The number of amides is 1. The summed E-state index contributed by atoms with van der Waals surface area (Å²) in [6, 6.07) is 24.8. The molecule has 0 unspecified atom stereocenters. The van der Waals surface area contributed by atoms with Gasteiger partial charge < -0.3 is 9.64 Å². The summed E-state index contributed by atoms with van der Waals surface area (Å²) in [5.41, 5.74) is 5.11. The average Bonchev–Trinajstić information content (AvgIpc) is 3.02. The Balaban J connectivity index is 1.96. The van der Waals surface area contributed by atoms with E-state index in [0.29, 0.717) is 23.4 Å². The van der Waals surface area contributed by atoms with Crippen molar-refractivity contribution in [3.05, 3.63) is 107 Å². The van der Waals surface area contributed by atoms with E-state index in [2.05, 4.69) is 0 Å². The van der Waals surface area contributed by atoms with Gasteiger partial charge in [-0.1, -0.05) is 78.4 Å². The molecule has 1 aliphatic rings. The molecule has 0 saturated heterocycles. The lowest BCUT2D eigenvalue weighted by Crippen LogP contribution is -2.24. The van der Waals surface area contributed by atoms with Gasteiger partial charge in [-0.3, -0.25) is 4.79 Å². The fraction of sp³-hybridized carbons (Fsp3) is 0.120. The molecule has 1 heterocycles. The molecule has 0 spiro atoms. The second-order valence-corrected chi connectivity index (χ2v) is 7.00. The van der Waals surface area contributed by atoms with Crippen LogP contribution < -0.4 is 0 Å². The Morgan fingerprint density at radius 1 is 0.862 bits per heavy atom. The van der Waals surface area contributed by atoms with Gasteiger partial charge in [-0.15, -0.1) is 0 Å². The molecule has 1 amide bonds. The predicted molar refractivity (Wildman–Crippen MR) is 113 cm³/mol. The van der Waals surface area contributed by atoms with Gasteiger partial charge >= 0.3 is 5.97 Å². The zero-order valence-electron chi connectivity index (χ0n) is 16.4. The second-order valence-electron chi connectivity index (χ2n) is 7.00. The fourth-order valence-corrected chi connectivity index (χ4v) is 3.63. The van der Waals surface area contributed by atoms with Crippen LogP contribution in [0.5, 0.6) is 0 Å². The molecule has 0 saturated carbocycles. The summed E-state index contributed by atoms with van der Waals surface area (Å²) >= 11 is 0. The smallest absolute Gasteiger partial charge is 0.340 e. The van der Waals surface area contributed by atoms with E-state index in [1.807, 2.05) is 79.7 Å². The predicted octanol–water partition coefficient (Wildman–Crippen LogP) is 4.69. The molecule has 1 aliphatic heterocycles. The number of hydrogen-bond donors (Lipinski definition) is 0. The fourth-order valence-electron chi connectivity index (χ4n) is 3.63. The molecule has 3 aromatic carbocycles. The average molecular weight is 383 g/mol. The lowest BCUT2D eigenvalue weighted by atomic mass is 9.98. The zero-order chi connectivity index (χ0) is 20.4. The van der Waals surface area contributed by atoms with Gasteiger partial charge in [0.1, 0.15) is 0 Å². The van der Waals surface area contributed by atoms with Gasteiger partial charge in [-0.2, -0.15) is 0 Å². The number of carbonyl (C=O) groups excluding carboxylic acids is 2. The summed E-state index contributed by atoms with van der Waals surface area (Å²) in [6.45, 7) is 2.36. The maximum atomic E-state index is 13.3. The third kappa shape index (κ3) is 3.45. The molecule has 0 fully saturated rings. The molecule has 0 radical (unpaired) electrons. The number of carbonyl (C=O) groups is 2. The first-order chi connectivity index (χ1) is 14.1. The summed E-state index contributed by atoms with van der Waals surface area (Å²) < 4.78 is 5.12. The maximum absolute atomic E-state index is 13.3. The van der Waals surface area contributed by atoms with Crippen molar-refractivity contribution in [3.63, 3.8) is 0 Å². The molecule has 3 aromatic rings. The number of fused-ring (bicyclic) bond motifs is 1. The van der Waals surface area contributed by atoms with Crippen molar-refractivity contribution in [3.8, 4) is 0 Å². The number of benzene rings is 3. The molecule has 4 heteroatoms. The highest BCUT2D eigenvalue weighted by Crippen LogP contribution is 2.39. The number of hydrogen-bond acceptors (Lipinski definition) is 3. The van der Waals surface area contributed by atoms with Crippen LogP contribution in [0.4, 0.5) is 0 Å². The van der Waals surface area contributed by atoms with Gasteiger partial charge in [-0.05, 0) is 24.1 Å². The van der Waals surface area contributed by atoms with E-state index >= 15 is 0 Å². The van der Waals surface area contributed by atoms with Gasteiger partial charge in [0.15, 0.2) is 0 Å². The molecule has 4 nitrogen and oxygen atoms in total. The summed E-state index contributed by atoms with van der Waals surface area (Å²) in [5.74, 6) is -0.584. The molecule has 0 aliphatic carbocycles. The van der Waals surface area contributed by atoms with Crippen LogP contribution in [0, 0.1) is 6.92 Å². The Morgan fingerprint density at radius 2 is 1.48 bits per heavy atom. The lowest BCUT2D eigenvalue weighted by Gasteiger charge is -2.22. The summed E-state index contributed by atoms with van der Waals surface area (Å²) in [5, 5.41) is 0. The van der Waals surface area contributed by atoms with Crippen molar-refractivity contribution >= 4 is 23.1 Å². The van der Waals surface area contributed by atoms with Crippen LogP contribution in [0.25, 0.3) is 11.3 Å². The number of nitrogens with zero attached hydrogens (tertiary/aromatic N) is 1. The molecule has 29 heavy (non-hydrogen) atoms. The molecule has 0 N–H and O–H groups in total. The number of aryl methyl sites for hydroxylation is 1. The Labute approximate surface area is 170 Å². The topological polar surface area (TPSA) is 46.6 Å². The van der Waals surface area contributed by atoms with Crippen LogP contribution in [0.1, 0.15) is 32.6 Å². The molecular weight excluding hydrogens is 362 g/mol. The van der Waals surface area contributed by atoms with E-state index in [-0.39, 0.29) is 5.91 Å². The van der Waals surface area contributed by atoms with Gasteiger partial charge in [0.2, 0.25) is 0 Å². The second kappa shape index (κ2) is 7.76. The highest BCUT2D eigenvalue weighted by Gasteiger charge is 2.36. The van der Waals surface area contributed by atoms with Crippen LogP contribution in [-0.4, -0.2) is 23.9 Å². The molecule has 0 bridgehead atoms. The Kier molecular flexibility index (Phi) is 5.00. The maximum Gasteiger partial charge on any atom is 0.340 e. The van der Waals surface area contributed by atoms with Crippen molar-refractivity contribution in [1.29, 1.82) is 0 Å². The van der Waals surface area contributed by atoms with Gasteiger partial charge in [0.05, 0.1) is 24.9 Å². The molecule has 4 rings (SSSR count). The molecule has 0 atom stereocenters. The minimum absolute atomic E-state index is 0.118. The van der Waals surface area contributed by atoms with Crippen LogP contribution in [0.2, 0.25) is 0 Å². The van der Waals surface area contributed by atoms with Crippen LogP contribution in [0.15, 0.2) is 78.9 Å². The highest BCUT2D eigenvalue weighted by molar-refractivity contribution is 6.28. The van der Waals surface area contributed by atoms with E-state index < -0.39 is 5.97 Å². The molecule has 0 aromatic heterocycles. The van der Waals surface area contributed by atoms with Crippen molar-refractivity contribution in [1.82, 2.24) is 4.90 Å².